The highest BCUT2D eigenvalue weighted by atomic mass is 32.1. The van der Waals surface area contributed by atoms with Gasteiger partial charge in [-0.05, 0) is 6.42 Å². The number of aromatic nitrogens is 2. The van der Waals surface area contributed by atoms with Gasteiger partial charge in [-0.3, -0.25) is 0 Å². The quantitative estimate of drug-likeness (QED) is 0.848. The minimum absolute atomic E-state index is 0.0347. The number of halogens is 3. The number of rotatable bonds is 2. The summed E-state index contributed by atoms with van der Waals surface area (Å²) in [6, 6.07) is -0.267. The van der Waals surface area contributed by atoms with Crippen molar-refractivity contribution in [2.75, 3.05) is 18.4 Å². The van der Waals surface area contributed by atoms with Gasteiger partial charge in [-0.15, -0.1) is 10.2 Å². The van der Waals surface area contributed by atoms with Gasteiger partial charge in [-0.2, -0.15) is 13.2 Å². The minimum Gasteiger partial charge on any atom is -0.530 e. The van der Waals surface area contributed by atoms with E-state index in [2.05, 4.69) is 15.5 Å². The number of nitrogens with one attached hydrogen (secondary N) is 1. The highest BCUT2D eigenvalue weighted by Crippen LogP contribution is 2.33. The van der Waals surface area contributed by atoms with Crippen molar-refractivity contribution in [3.8, 4) is 0 Å². The standard InChI is InChI=1S/C8H9F3N4O2S/c9-8(10,11)5-13-14-6(18-5)12-4-1-2-15(3-4)7(16)17/h4H,1-3H2,(H,12,14)(H,16,17)/p-1. The van der Waals surface area contributed by atoms with Gasteiger partial charge in [0.2, 0.25) is 10.1 Å². The average Bonchev–Trinajstić information content (AvgIpc) is 2.85. The molecule has 0 saturated carbocycles. The molecule has 1 aliphatic heterocycles. The third-order valence-corrected chi connectivity index (χ3v) is 3.34. The Balaban J connectivity index is 1.95. The summed E-state index contributed by atoms with van der Waals surface area (Å²) >= 11 is 0.396. The van der Waals surface area contributed by atoms with Crippen LogP contribution in [-0.2, 0) is 6.18 Å². The molecule has 1 unspecified atom stereocenters. The minimum atomic E-state index is -4.51. The number of carboxylic acid groups (broad SMARTS) is 1. The lowest BCUT2D eigenvalue weighted by Gasteiger charge is -2.18. The number of hydrogen-bond donors (Lipinski definition) is 1. The van der Waals surface area contributed by atoms with Crippen LogP contribution in [0.15, 0.2) is 0 Å². The third kappa shape index (κ3) is 2.81. The second-order valence-electron chi connectivity index (χ2n) is 3.75. The SMILES string of the molecule is O=C([O-])N1CCC(Nc2nnc(C(F)(F)F)s2)C1. The van der Waals surface area contributed by atoms with Crippen molar-refractivity contribution in [2.24, 2.45) is 0 Å². The van der Waals surface area contributed by atoms with Gasteiger partial charge in [0.15, 0.2) is 0 Å². The van der Waals surface area contributed by atoms with E-state index < -0.39 is 17.3 Å². The zero-order chi connectivity index (χ0) is 13.3. The fraction of sp³-hybridized carbons (Fsp3) is 0.625. The molecule has 1 N–H and O–H groups in total. The maximum absolute atomic E-state index is 12.3. The van der Waals surface area contributed by atoms with Gasteiger partial charge in [0.05, 0.1) is 0 Å². The molecule has 1 aromatic heterocycles. The summed E-state index contributed by atoms with van der Waals surface area (Å²) in [4.78, 5) is 11.6. The molecule has 10 heteroatoms. The molecule has 2 rings (SSSR count). The smallest absolute Gasteiger partial charge is 0.445 e. The van der Waals surface area contributed by atoms with E-state index in [1.54, 1.807) is 0 Å². The Labute approximate surface area is 103 Å². The summed E-state index contributed by atoms with van der Waals surface area (Å²) in [7, 11) is 0. The Morgan fingerprint density at radius 3 is 2.72 bits per heavy atom. The number of carbonyl (C=O) groups is 1. The van der Waals surface area contributed by atoms with Crippen LogP contribution in [0.5, 0.6) is 0 Å². The molecular weight excluding hydrogens is 273 g/mol. The summed E-state index contributed by atoms with van der Waals surface area (Å²) in [5.74, 6) is 0. The molecule has 1 saturated heterocycles. The molecule has 0 bridgehead atoms. The van der Waals surface area contributed by atoms with Crippen LogP contribution >= 0.6 is 11.3 Å². The number of amides is 1. The van der Waals surface area contributed by atoms with Crippen LogP contribution in [0.3, 0.4) is 0 Å². The van der Waals surface area contributed by atoms with Gasteiger partial charge < -0.3 is 20.1 Å². The molecule has 1 fully saturated rings. The third-order valence-electron chi connectivity index (χ3n) is 2.44. The number of hydrogen-bond acceptors (Lipinski definition) is 6. The normalized spacial score (nSPS) is 20.2. The van der Waals surface area contributed by atoms with Gasteiger partial charge in [-0.1, -0.05) is 11.3 Å². The summed E-state index contributed by atoms with van der Waals surface area (Å²) < 4.78 is 36.8. The van der Waals surface area contributed by atoms with E-state index in [4.69, 9.17) is 0 Å². The van der Waals surface area contributed by atoms with Crippen molar-refractivity contribution in [3.05, 3.63) is 5.01 Å². The van der Waals surface area contributed by atoms with Crippen LogP contribution in [0.2, 0.25) is 0 Å². The van der Waals surface area contributed by atoms with Crippen molar-refractivity contribution in [2.45, 2.75) is 18.6 Å². The van der Waals surface area contributed by atoms with Crippen LogP contribution in [0, 0.1) is 0 Å². The number of alkyl halides is 3. The highest BCUT2D eigenvalue weighted by Gasteiger charge is 2.36. The first-order valence-corrected chi connectivity index (χ1v) is 5.81. The largest absolute Gasteiger partial charge is 0.530 e. The molecule has 100 valence electrons. The van der Waals surface area contributed by atoms with Gasteiger partial charge in [0.25, 0.3) is 0 Å². The van der Waals surface area contributed by atoms with Crippen LogP contribution in [0.1, 0.15) is 11.4 Å². The monoisotopic (exact) mass is 281 g/mol. The Morgan fingerprint density at radius 1 is 1.50 bits per heavy atom. The molecular formula is C8H8F3N4O2S-. The van der Waals surface area contributed by atoms with Crippen molar-refractivity contribution in [3.63, 3.8) is 0 Å². The Bertz CT molecular complexity index is 450. The van der Waals surface area contributed by atoms with E-state index in [9.17, 15) is 23.1 Å². The maximum Gasteiger partial charge on any atom is 0.445 e. The highest BCUT2D eigenvalue weighted by molar-refractivity contribution is 7.15. The lowest BCUT2D eigenvalue weighted by molar-refractivity contribution is -0.264. The van der Waals surface area contributed by atoms with E-state index in [-0.39, 0.29) is 17.7 Å². The molecule has 0 aromatic carbocycles. The van der Waals surface area contributed by atoms with Crippen molar-refractivity contribution in [1.82, 2.24) is 15.1 Å². The van der Waals surface area contributed by atoms with E-state index in [1.807, 2.05) is 0 Å². The van der Waals surface area contributed by atoms with Crippen molar-refractivity contribution < 1.29 is 23.1 Å². The maximum atomic E-state index is 12.3. The summed E-state index contributed by atoms with van der Waals surface area (Å²) in [6.45, 7) is 0.466. The molecule has 1 aromatic rings. The van der Waals surface area contributed by atoms with Crippen LogP contribution in [0.25, 0.3) is 0 Å². The first kappa shape index (κ1) is 12.9. The Morgan fingerprint density at radius 2 is 2.22 bits per heavy atom. The van der Waals surface area contributed by atoms with Gasteiger partial charge in [0, 0.05) is 19.1 Å². The topological polar surface area (TPSA) is 81.2 Å². The molecule has 1 amide bonds. The molecule has 1 aliphatic rings. The molecule has 0 radical (unpaired) electrons. The second kappa shape index (κ2) is 4.59. The van der Waals surface area contributed by atoms with Gasteiger partial charge >= 0.3 is 6.18 Å². The van der Waals surface area contributed by atoms with Gasteiger partial charge in [0.1, 0.15) is 6.09 Å². The van der Waals surface area contributed by atoms with Crippen LogP contribution in [-0.4, -0.2) is 40.3 Å². The average molecular weight is 281 g/mol. The lowest BCUT2D eigenvalue weighted by atomic mass is 10.3. The first-order valence-electron chi connectivity index (χ1n) is 4.99. The predicted molar refractivity (Wildman–Crippen MR) is 53.9 cm³/mol. The Kier molecular flexibility index (Phi) is 3.28. The van der Waals surface area contributed by atoms with Crippen LogP contribution < -0.4 is 10.4 Å². The van der Waals surface area contributed by atoms with E-state index in [0.29, 0.717) is 24.3 Å². The van der Waals surface area contributed by atoms with E-state index >= 15 is 0 Å². The molecule has 0 aliphatic carbocycles. The molecule has 0 spiro atoms. The second-order valence-corrected chi connectivity index (χ2v) is 4.73. The molecule has 2 heterocycles. The molecule has 6 nitrogen and oxygen atoms in total. The summed E-state index contributed by atoms with van der Waals surface area (Å²) in [5, 5.41) is 18.7. The predicted octanol–water partition coefficient (Wildman–Crippen LogP) is 0.386. The fourth-order valence-electron chi connectivity index (χ4n) is 1.61. The number of anilines is 1. The van der Waals surface area contributed by atoms with E-state index in [1.165, 1.54) is 0 Å². The van der Waals surface area contributed by atoms with E-state index in [0.717, 1.165) is 4.90 Å². The summed E-state index contributed by atoms with van der Waals surface area (Å²) in [6.07, 6.45) is -5.30. The zero-order valence-corrected chi connectivity index (χ0v) is 9.72. The Hall–Kier alpha value is -1.58. The zero-order valence-electron chi connectivity index (χ0n) is 8.90. The number of nitrogens with zero attached hydrogens (tertiary/aromatic N) is 3. The molecule has 18 heavy (non-hydrogen) atoms. The van der Waals surface area contributed by atoms with Crippen molar-refractivity contribution >= 4 is 22.6 Å². The number of likely N-dealkylation sites (tertiary alicyclic amines) is 1. The van der Waals surface area contributed by atoms with Gasteiger partial charge in [-0.25, -0.2) is 0 Å². The first-order chi connectivity index (χ1) is 8.36. The van der Waals surface area contributed by atoms with Crippen LogP contribution in [0.4, 0.5) is 23.1 Å². The fourth-order valence-corrected chi connectivity index (χ4v) is 2.30. The lowest BCUT2D eigenvalue weighted by Crippen LogP contribution is -2.40. The number of carbonyl (C=O) groups excluding carboxylic acids is 1. The molecule has 1 atom stereocenters. The van der Waals surface area contributed by atoms with Crippen molar-refractivity contribution in [1.29, 1.82) is 0 Å². The summed E-state index contributed by atoms with van der Waals surface area (Å²) in [5.41, 5.74) is 0.